The molecule has 1 saturated heterocycles. The number of hydrogen-bond acceptors (Lipinski definition) is 2. The molecule has 0 aromatic rings. The average Bonchev–Trinajstić information content (AvgIpc) is 2.27. The predicted octanol–water partition coefficient (Wildman–Crippen LogP) is 1.72. The van der Waals surface area contributed by atoms with E-state index in [1.54, 1.807) is 0 Å². The van der Waals surface area contributed by atoms with Crippen molar-refractivity contribution < 1.29 is 9.47 Å². The standard InChI is InChI=1S/C8H13BrO2/c9-7-4-10-5-8(7)11-6-2-1-3-6/h6-8H,1-5H2. The van der Waals surface area contributed by atoms with Crippen molar-refractivity contribution in [2.75, 3.05) is 13.2 Å². The van der Waals surface area contributed by atoms with Gasteiger partial charge in [-0.3, -0.25) is 0 Å². The van der Waals surface area contributed by atoms with Crippen molar-refractivity contribution in [1.29, 1.82) is 0 Å². The minimum atomic E-state index is 0.306. The molecule has 0 spiro atoms. The maximum absolute atomic E-state index is 5.79. The molecule has 0 aromatic carbocycles. The Morgan fingerprint density at radius 1 is 1.27 bits per heavy atom. The van der Waals surface area contributed by atoms with Crippen LogP contribution < -0.4 is 0 Å². The van der Waals surface area contributed by atoms with Crippen molar-refractivity contribution in [3.05, 3.63) is 0 Å². The summed E-state index contributed by atoms with van der Waals surface area (Å²) >= 11 is 3.54. The lowest BCUT2D eigenvalue weighted by Gasteiger charge is -2.29. The van der Waals surface area contributed by atoms with Crippen molar-refractivity contribution >= 4 is 15.9 Å². The lowest BCUT2D eigenvalue weighted by molar-refractivity contribution is -0.0502. The maximum Gasteiger partial charge on any atom is 0.0959 e. The summed E-state index contributed by atoms with van der Waals surface area (Å²) in [5.41, 5.74) is 0. The molecule has 2 rings (SSSR count). The van der Waals surface area contributed by atoms with E-state index in [9.17, 15) is 0 Å². The molecule has 1 heterocycles. The molecule has 0 amide bonds. The third-order valence-electron chi connectivity index (χ3n) is 2.38. The Bertz CT molecular complexity index is 136. The lowest BCUT2D eigenvalue weighted by Crippen LogP contribution is -2.32. The van der Waals surface area contributed by atoms with Crippen LogP contribution in [0.3, 0.4) is 0 Å². The third kappa shape index (κ3) is 1.76. The van der Waals surface area contributed by atoms with Crippen molar-refractivity contribution in [1.82, 2.24) is 0 Å². The van der Waals surface area contributed by atoms with E-state index < -0.39 is 0 Å². The molecule has 2 fully saturated rings. The van der Waals surface area contributed by atoms with Gasteiger partial charge < -0.3 is 9.47 Å². The summed E-state index contributed by atoms with van der Waals surface area (Å²) in [7, 11) is 0. The van der Waals surface area contributed by atoms with Crippen LogP contribution in [0.5, 0.6) is 0 Å². The molecule has 0 bridgehead atoms. The molecule has 0 aromatic heterocycles. The van der Waals surface area contributed by atoms with Gasteiger partial charge in [0.2, 0.25) is 0 Å². The Hall–Kier alpha value is 0.400. The molecular formula is C8H13BrO2. The summed E-state index contributed by atoms with van der Waals surface area (Å²) < 4.78 is 11.1. The highest BCUT2D eigenvalue weighted by atomic mass is 79.9. The molecule has 64 valence electrons. The van der Waals surface area contributed by atoms with Gasteiger partial charge in [0.15, 0.2) is 0 Å². The topological polar surface area (TPSA) is 18.5 Å². The molecule has 1 aliphatic heterocycles. The number of halogens is 1. The van der Waals surface area contributed by atoms with Gasteiger partial charge in [0.25, 0.3) is 0 Å². The fourth-order valence-electron chi connectivity index (χ4n) is 1.39. The molecule has 1 aliphatic carbocycles. The number of alkyl halides is 1. The molecule has 2 aliphatic rings. The summed E-state index contributed by atoms with van der Waals surface area (Å²) in [4.78, 5) is 0.420. The molecule has 2 atom stereocenters. The van der Waals surface area contributed by atoms with E-state index in [2.05, 4.69) is 15.9 Å². The summed E-state index contributed by atoms with van der Waals surface area (Å²) in [6.45, 7) is 1.57. The molecular weight excluding hydrogens is 208 g/mol. The first-order valence-corrected chi connectivity index (χ1v) is 5.15. The van der Waals surface area contributed by atoms with E-state index in [-0.39, 0.29) is 0 Å². The van der Waals surface area contributed by atoms with Gasteiger partial charge in [-0.1, -0.05) is 15.9 Å². The van der Waals surface area contributed by atoms with E-state index in [0.717, 1.165) is 13.2 Å². The molecule has 2 nitrogen and oxygen atoms in total. The van der Waals surface area contributed by atoms with Crippen LogP contribution >= 0.6 is 15.9 Å². The summed E-state index contributed by atoms with van der Waals surface area (Å²) in [6, 6.07) is 0. The van der Waals surface area contributed by atoms with E-state index in [0.29, 0.717) is 17.0 Å². The number of hydrogen-bond donors (Lipinski definition) is 0. The molecule has 2 unspecified atom stereocenters. The number of ether oxygens (including phenoxy) is 2. The summed E-state index contributed by atoms with van der Waals surface area (Å²) in [5, 5.41) is 0. The van der Waals surface area contributed by atoms with E-state index in [4.69, 9.17) is 9.47 Å². The Morgan fingerprint density at radius 3 is 2.55 bits per heavy atom. The van der Waals surface area contributed by atoms with Gasteiger partial charge in [0.1, 0.15) is 0 Å². The fraction of sp³-hybridized carbons (Fsp3) is 1.00. The van der Waals surface area contributed by atoms with Crippen LogP contribution in [0.2, 0.25) is 0 Å². The molecule has 3 heteroatoms. The fourth-order valence-corrected chi connectivity index (χ4v) is 1.85. The molecule has 0 N–H and O–H groups in total. The second kappa shape index (κ2) is 3.42. The van der Waals surface area contributed by atoms with Crippen molar-refractivity contribution in [3.63, 3.8) is 0 Å². The van der Waals surface area contributed by atoms with Crippen molar-refractivity contribution in [2.24, 2.45) is 0 Å². The minimum absolute atomic E-state index is 0.306. The first kappa shape index (κ1) is 8.02. The highest BCUT2D eigenvalue weighted by molar-refractivity contribution is 9.09. The van der Waals surface area contributed by atoms with Gasteiger partial charge >= 0.3 is 0 Å². The maximum atomic E-state index is 5.79. The number of rotatable bonds is 2. The zero-order valence-electron chi connectivity index (χ0n) is 6.46. The van der Waals surface area contributed by atoms with Gasteiger partial charge in [-0.25, -0.2) is 0 Å². The second-order valence-corrected chi connectivity index (χ2v) is 4.46. The highest BCUT2D eigenvalue weighted by Gasteiger charge is 2.31. The molecule has 11 heavy (non-hydrogen) atoms. The van der Waals surface area contributed by atoms with Gasteiger partial charge in [-0.15, -0.1) is 0 Å². The Kier molecular flexibility index (Phi) is 2.49. The normalized spacial score (nSPS) is 39.0. The minimum Gasteiger partial charge on any atom is -0.377 e. The van der Waals surface area contributed by atoms with Crippen molar-refractivity contribution in [3.8, 4) is 0 Å². The third-order valence-corrected chi connectivity index (χ3v) is 3.24. The monoisotopic (exact) mass is 220 g/mol. The molecule has 1 saturated carbocycles. The summed E-state index contributed by atoms with van der Waals surface area (Å²) in [6.07, 6.45) is 4.67. The summed E-state index contributed by atoms with van der Waals surface area (Å²) in [5.74, 6) is 0. The lowest BCUT2D eigenvalue weighted by atomic mass is 9.96. The predicted molar refractivity (Wildman–Crippen MR) is 46.0 cm³/mol. The van der Waals surface area contributed by atoms with Crippen molar-refractivity contribution in [2.45, 2.75) is 36.3 Å². The molecule has 0 radical (unpaired) electrons. The first-order chi connectivity index (χ1) is 5.36. The van der Waals surface area contributed by atoms with E-state index in [1.165, 1.54) is 19.3 Å². The van der Waals surface area contributed by atoms with Crippen LogP contribution in [-0.4, -0.2) is 30.2 Å². The van der Waals surface area contributed by atoms with Gasteiger partial charge in [0, 0.05) is 0 Å². The van der Waals surface area contributed by atoms with Crippen LogP contribution in [-0.2, 0) is 9.47 Å². The van der Waals surface area contributed by atoms with Crippen LogP contribution in [0, 0.1) is 0 Å². The Labute approximate surface area is 75.4 Å². The van der Waals surface area contributed by atoms with Crippen LogP contribution in [0.25, 0.3) is 0 Å². The van der Waals surface area contributed by atoms with Crippen LogP contribution in [0.4, 0.5) is 0 Å². The van der Waals surface area contributed by atoms with Gasteiger partial charge in [-0.05, 0) is 19.3 Å². The van der Waals surface area contributed by atoms with E-state index >= 15 is 0 Å². The van der Waals surface area contributed by atoms with Gasteiger partial charge in [-0.2, -0.15) is 0 Å². The highest BCUT2D eigenvalue weighted by Crippen LogP contribution is 2.27. The quantitative estimate of drug-likeness (QED) is 0.661. The zero-order valence-corrected chi connectivity index (χ0v) is 8.05. The Balaban J connectivity index is 1.75. The zero-order chi connectivity index (χ0) is 7.68. The second-order valence-electron chi connectivity index (χ2n) is 3.28. The van der Waals surface area contributed by atoms with E-state index in [1.807, 2.05) is 0 Å². The SMILES string of the molecule is BrC1COCC1OC1CCC1. The van der Waals surface area contributed by atoms with Crippen LogP contribution in [0.15, 0.2) is 0 Å². The van der Waals surface area contributed by atoms with Gasteiger partial charge in [0.05, 0.1) is 30.2 Å². The smallest absolute Gasteiger partial charge is 0.0959 e. The first-order valence-electron chi connectivity index (χ1n) is 4.23. The Morgan fingerprint density at radius 2 is 2.09 bits per heavy atom. The largest absolute Gasteiger partial charge is 0.377 e. The average molecular weight is 221 g/mol. The van der Waals surface area contributed by atoms with Crippen LogP contribution in [0.1, 0.15) is 19.3 Å².